The van der Waals surface area contributed by atoms with Crippen molar-refractivity contribution >= 4 is 16.9 Å². The minimum absolute atomic E-state index is 0.0412. The molecule has 17 heavy (non-hydrogen) atoms. The summed E-state index contributed by atoms with van der Waals surface area (Å²) >= 11 is 0. The van der Waals surface area contributed by atoms with Gasteiger partial charge in [0.2, 0.25) is 5.56 Å². The van der Waals surface area contributed by atoms with Crippen molar-refractivity contribution in [1.82, 2.24) is 4.98 Å². The van der Waals surface area contributed by atoms with E-state index in [4.69, 9.17) is 5.11 Å². The third-order valence-electron chi connectivity index (χ3n) is 2.36. The van der Waals surface area contributed by atoms with Gasteiger partial charge in [0.05, 0.1) is 5.56 Å². The van der Waals surface area contributed by atoms with E-state index in [0.29, 0.717) is 0 Å². The summed E-state index contributed by atoms with van der Waals surface area (Å²) in [7, 11) is 0. The van der Waals surface area contributed by atoms with Crippen LogP contribution in [0.4, 0.5) is 8.78 Å². The molecule has 0 saturated heterocycles. The highest BCUT2D eigenvalue weighted by Crippen LogP contribution is 2.25. The Morgan fingerprint density at radius 2 is 2.00 bits per heavy atom. The molecule has 0 bridgehead atoms. The Morgan fingerprint density at radius 3 is 2.59 bits per heavy atom. The molecule has 6 heteroatoms. The van der Waals surface area contributed by atoms with Crippen molar-refractivity contribution in [2.24, 2.45) is 0 Å². The second kappa shape index (κ2) is 3.97. The van der Waals surface area contributed by atoms with Crippen LogP contribution in [0.5, 0.6) is 0 Å². The fraction of sp³-hybridized carbons (Fsp3) is 0.0909. The smallest absolute Gasteiger partial charge is 0.335 e. The number of rotatable bonds is 2. The van der Waals surface area contributed by atoms with E-state index >= 15 is 0 Å². The molecule has 88 valence electrons. The van der Waals surface area contributed by atoms with Gasteiger partial charge in [0.25, 0.3) is 6.43 Å². The van der Waals surface area contributed by atoms with Crippen LogP contribution in [0.1, 0.15) is 22.3 Å². The number of alkyl halides is 2. The van der Waals surface area contributed by atoms with Crippen molar-refractivity contribution in [2.75, 3.05) is 0 Å². The first-order chi connectivity index (χ1) is 7.99. The van der Waals surface area contributed by atoms with Crippen LogP contribution in [-0.4, -0.2) is 16.1 Å². The van der Waals surface area contributed by atoms with E-state index in [1.165, 1.54) is 12.1 Å². The first-order valence-electron chi connectivity index (χ1n) is 4.67. The lowest BCUT2D eigenvalue weighted by Crippen LogP contribution is -2.07. The molecule has 4 nitrogen and oxygen atoms in total. The zero-order valence-corrected chi connectivity index (χ0v) is 8.41. The molecule has 0 fully saturated rings. The van der Waals surface area contributed by atoms with E-state index in [-0.39, 0.29) is 16.5 Å². The summed E-state index contributed by atoms with van der Waals surface area (Å²) in [5.74, 6) is -1.21. The number of hydrogen-bond donors (Lipinski definition) is 2. The van der Waals surface area contributed by atoms with E-state index in [0.717, 1.165) is 12.1 Å². The molecular formula is C11H7F2NO3. The van der Waals surface area contributed by atoms with Gasteiger partial charge in [0.15, 0.2) is 0 Å². The summed E-state index contributed by atoms with van der Waals surface area (Å²) in [6.07, 6.45) is -2.83. The lowest BCUT2D eigenvalue weighted by molar-refractivity contribution is 0.0697. The number of carbonyl (C=O) groups is 1. The Kier molecular flexibility index (Phi) is 2.63. The van der Waals surface area contributed by atoms with Crippen LogP contribution >= 0.6 is 0 Å². The molecule has 0 saturated carbocycles. The zero-order valence-electron chi connectivity index (χ0n) is 8.41. The fourth-order valence-electron chi connectivity index (χ4n) is 1.59. The summed E-state index contributed by atoms with van der Waals surface area (Å²) in [5, 5.41) is 8.81. The molecule has 0 atom stereocenters. The molecule has 1 heterocycles. The molecular weight excluding hydrogens is 232 g/mol. The van der Waals surface area contributed by atoms with Crippen molar-refractivity contribution in [2.45, 2.75) is 6.43 Å². The first kappa shape index (κ1) is 11.3. The first-order valence-corrected chi connectivity index (χ1v) is 4.67. The molecule has 0 amide bonds. The Hall–Kier alpha value is -2.24. The number of aromatic carboxylic acids is 1. The van der Waals surface area contributed by atoms with Gasteiger partial charge in [0, 0.05) is 22.5 Å². The van der Waals surface area contributed by atoms with E-state index in [1.807, 2.05) is 0 Å². The van der Waals surface area contributed by atoms with Crippen molar-refractivity contribution in [3.63, 3.8) is 0 Å². The van der Waals surface area contributed by atoms with Crippen LogP contribution in [0.15, 0.2) is 29.1 Å². The third-order valence-corrected chi connectivity index (χ3v) is 2.36. The number of aromatic nitrogens is 1. The number of hydrogen-bond acceptors (Lipinski definition) is 2. The van der Waals surface area contributed by atoms with Gasteiger partial charge in [-0.1, -0.05) is 0 Å². The van der Waals surface area contributed by atoms with Gasteiger partial charge in [-0.25, -0.2) is 13.6 Å². The molecule has 0 unspecified atom stereocenters. The Balaban J connectivity index is 2.82. The summed E-state index contributed by atoms with van der Waals surface area (Å²) in [5.41, 5.74) is -1.02. The Morgan fingerprint density at radius 1 is 1.29 bits per heavy atom. The summed E-state index contributed by atoms with van der Waals surface area (Å²) in [4.78, 5) is 24.2. The average Bonchev–Trinajstić information content (AvgIpc) is 2.26. The van der Waals surface area contributed by atoms with Crippen LogP contribution < -0.4 is 5.56 Å². The zero-order chi connectivity index (χ0) is 12.6. The van der Waals surface area contributed by atoms with Crippen LogP contribution in [0.3, 0.4) is 0 Å². The largest absolute Gasteiger partial charge is 0.478 e. The van der Waals surface area contributed by atoms with Gasteiger partial charge in [-0.05, 0) is 18.2 Å². The second-order valence-corrected chi connectivity index (χ2v) is 3.46. The van der Waals surface area contributed by atoms with Crippen molar-refractivity contribution < 1.29 is 18.7 Å². The summed E-state index contributed by atoms with van der Waals surface area (Å²) in [6.45, 7) is 0. The molecule has 2 aromatic rings. The molecule has 0 aliphatic carbocycles. The Bertz CT molecular complexity index is 649. The predicted octanol–water partition coefficient (Wildman–Crippen LogP) is 2.16. The molecule has 0 spiro atoms. The number of carboxylic acids is 1. The number of nitrogens with one attached hydrogen (secondary N) is 1. The van der Waals surface area contributed by atoms with Crippen molar-refractivity contribution in [3.8, 4) is 0 Å². The number of pyridine rings is 1. The van der Waals surface area contributed by atoms with Crippen LogP contribution in [0.2, 0.25) is 0 Å². The van der Waals surface area contributed by atoms with Crippen LogP contribution in [0, 0.1) is 0 Å². The highest BCUT2D eigenvalue weighted by Gasteiger charge is 2.14. The van der Waals surface area contributed by atoms with Gasteiger partial charge in [-0.15, -0.1) is 0 Å². The number of halogens is 2. The highest BCUT2D eigenvalue weighted by atomic mass is 19.3. The molecule has 1 aromatic carbocycles. The second-order valence-electron chi connectivity index (χ2n) is 3.46. The number of carboxylic acid groups (broad SMARTS) is 1. The molecule has 2 rings (SSSR count). The van der Waals surface area contributed by atoms with E-state index in [9.17, 15) is 18.4 Å². The topological polar surface area (TPSA) is 70.2 Å². The van der Waals surface area contributed by atoms with Gasteiger partial charge in [0.1, 0.15) is 0 Å². The number of aromatic amines is 1. The van der Waals surface area contributed by atoms with Gasteiger partial charge < -0.3 is 10.1 Å². The monoisotopic (exact) mass is 239 g/mol. The maximum absolute atomic E-state index is 12.7. The number of fused-ring (bicyclic) bond motifs is 1. The van der Waals surface area contributed by atoms with Crippen LogP contribution in [-0.2, 0) is 0 Å². The van der Waals surface area contributed by atoms with Crippen molar-refractivity contribution in [1.29, 1.82) is 0 Å². The maximum Gasteiger partial charge on any atom is 0.335 e. The van der Waals surface area contributed by atoms with E-state index in [1.54, 1.807) is 0 Å². The van der Waals surface area contributed by atoms with Crippen LogP contribution in [0.25, 0.3) is 10.9 Å². The fourth-order valence-corrected chi connectivity index (χ4v) is 1.59. The minimum atomic E-state index is -2.83. The van der Waals surface area contributed by atoms with E-state index in [2.05, 4.69) is 4.98 Å². The standard InChI is InChI=1S/C11H7F2NO3/c12-10(13)7-4-9(15)14-8-2-1-5(11(16)17)3-6(7)8/h1-4,10H,(H,14,15)(H,16,17). The summed E-state index contributed by atoms with van der Waals surface area (Å²) < 4.78 is 25.4. The number of H-pyrrole nitrogens is 1. The van der Waals surface area contributed by atoms with Gasteiger partial charge in [-0.2, -0.15) is 0 Å². The number of benzene rings is 1. The molecule has 1 aromatic heterocycles. The lowest BCUT2D eigenvalue weighted by atomic mass is 10.1. The predicted molar refractivity (Wildman–Crippen MR) is 56.5 cm³/mol. The normalized spacial score (nSPS) is 11.0. The van der Waals surface area contributed by atoms with Crippen molar-refractivity contribution in [3.05, 3.63) is 45.7 Å². The lowest BCUT2D eigenvalue weighted by Gasteiger charge is -2.05. The SMILES string of the molecule is O=C(O)c1ccc2[nH]c(=O)cc(C(F)F)c2c1. The quantitative estimate of drug-likeness (QED) is 0.843. The van der Waals surface area contributed by atoms with E-state index < -0.39 is 23.5 Å². The maximum atomic E-state index is 12.7. The molecule has 0 aliphatic rings. The minimum Gasteiger partial charge on any atom is -0.478 e. The Labute approximate surface area is 93.5 Å². The highest BCUT2D eigenvalue weighted by molar-refractivity contribution is 5.94. The average molecular weight is 239 g/mol. The molecule has 0 radical (unpaired) electrons. The van der Waals surface area contributed by atoms with Gasteiger partial charge in [-0.3, -0.25) is 4.79 Å². The third kappa shape index (κ3) is 2.01. The van der Waals surface area contributed by atoms with Gasteiger partial charge >= 0.3 is 5.97 Å². The summed E-state index contributed by atoms with van der Waals surface area (Å²) in [6, 6.07) is 4.44. The molecule has 0 aliphatic heterocycles. The molecule has 2 N–H and O–H groups in total.